The van der Waals surface area contributed by atoms with Crippen LogP contribution in [0.4, 0.5) is 5.69 Å². The van der Waals surface area contributed by atoms with E-state index < -0.39 is 5.41 Å². The molecule has 2 aromatic carbocycles. The molecule has 2 N–H and O–H groups in total. The highest BCUT2D eigenvalue weighted by molar-refractivity contribution is 6.07. The van der Waals surface area contributed by atoms with Gasteiger partial charge in [0.05, 0.1) is 17.6 Å². The number of carbonyl (C=O) groups excluding carboxylic acids is 2. The zero-order valence-corrected chi connectivity index (χ0v) is 16.4. The molecular weight excluding hydrogens is 364 g/mol. The third kappa shape index (κ3) is 2.87. The van der Waals surface area contributed by atoms with Crippen LogP contribution in [0.5, 0.6) is 0 Å². The summed E-state index contributed by atoms with van der Waals surface area (Å²) in [6.07, 6.45) is 2.93. The molecule has 2 amide bonds. The van der Waals surface area contributed by atoms with E-state index in [0.29, 0.717) is 25.8 Å². The average molecular weight is 390 g/mol. The predicted octanol–water partition coefficient (Wildman–Crippen LogP) is 2.88. The summed E-state index contributed by atoms with van der Waals surface area (Å²) in [6.45, 7) is 0.590. The molecule has 5 rings (SSSR count). The van der Waals surface area contributed by atoms with Crippen LogP contribution in [-0.4, -0.2) is 40.5 Å². The van der Waals surface area contributed by atoms with Crippen molar-refractivity contribution in [2.24, 2.45) is 5.92 Å². The van der Waals surface area contributed by atoms with Gasteiger partial charge >= 0.3 is 0 Å². The topological polar surface area (TPSA) is 69.6 Å². The number of carbonyl (C=O) groups is 2. The molecule has 2 heterocycles. The zero-order valence-electron chi connectivity index (χ0n) is 16.4. The Kier molecular flexibility index (Phi) is 4.43. The summed E-state index contributed by atoms with van der Waals surface area (Å²) >= 11 is 0. The maximum Gasteiger partial charge on any atom is 0.237 e. The molecule has 2 aliphatic heterocycles. The standard InChI is InChI=1S/C24H26N2O3/c27-18-14-17(15-18)22(28)26-13-12-24(19-8-4-5-9-20(19)25-23(24)29)21(26)11-10-16-6-2-1-3-7-16/h1-9,17-18,21,27H,10-15H2,(H,25,29)/t17?,18?,21-,24+/m0/s1. The quantitative estimate of drug-likeness (QED) is 0.843. The van der Waals surface area contributed by atoms with Crippen LogP contribution in [0.15, 0.2) is 54.6 Å². The van der Waals surface area contributed by atoms with Gasteiger partial charge in [-0.05, 0) is 49.3 Å². The molecule has 0 radical (unpaired) electrons. The molecule has 5 nitrogen and oxygen atoms in total. The number of likely N-dealkylation sites (tertiary alicyclic amines) is 1. The molecule has 0 aromatic heterocycles. The van der Waals surface area contributed by atoms with Crippen LogP contribution in [0.25, 0.3) is 0 Å². The van der Waals surface area contributed by atoms with Crippen LogP contribution in [-0.2, 0) is 21.4 Å². The molecule has 2 aromatic rings. The number of rotatable bonds is 4. The van der Waals surface area contributed by atoms with Crippen molar-refractivity contribution in [2.75, 3.05) is 11.9 Å². The number of aliphatic hydroxyl groups excluding tert-OH is 1. The first-order valence-electron chi connectivity index (χ1n) is 10.5. The van der Waals surface area contributed by atoms with Gasteiger partial charge in [-0.25, -0.2) is 0 Å². The van der Waals surface area contributed by atoms with Crippen molar-refractivity contribution in [3.05, 3.63) is 65.7 Å². The molecule has 2 fully saturated rings. The summed E-state index contributed by atoms with van der Waals surface area (Å²) in [5.41, 5.74) is 2.43. The zero-order chi connectivity index (χ0) is 20.0. The molecule has 0 unspecified atom stereocenters. The monoisotopic (exact) mass is 390 g/mol. The lowest BCUT2D eigenvalue weighted by molar-refractivity contribution is -0.144. The summed E-state index contributed by atoms with van der Waals surface area (Å²) in [4.78, 5) is 28.4. The summed E-state index contributed by atoms with van der Waals surface area (Å²) in [5, 5.41) is 12.7. The molecule has 3 aliphatic rings. The Bertz CT molecular complexity index is 938. The molecule has 1 saturated heterocycles. The van der Waals surface area contributed by atoms with Crippen molar-refractivity contribution in [3.63, 3.8) is 0 Å². The second-order valence-electron chi connectivity index (χ2n) is 8.61. The number of aryl methyl sites for hydroxylation is 1. The minimum atomic E-state index is -0.677. The first-order valence-corrected chi connectivity index (χ1v) is 10.5. The highest BCUT2D eigenvalue weighted by Gasteiger charge is 2.59. The van der Waals surface area contributed by atoms with Crippen LogP contribution in [0, 0.1) is 5.92 Å². The van der Waals surface area contributed by atoms with Crippen molar-refractivity contribution in [3.8, 4) is 0 Å². The molecule has 1 spiro atoms. The second-order valence-corrected chi connectivity index (χ2v) is 8.61. The van der Waals surface area contributed by atoms with Crippen molar-refractivity contribution < 1.29 is 14.7 Å². The molecule has 1 saturated carbocycles. The van der Waals surface area contributed by atoms with Crippen molar-refractivity contribution in [1.29, 1.82) is 0 Å². The largest absolute Gasteiger partial charge is 0.393 e. The number of hydrogen-bond donors (Lipinski definition) is 2. The van der Waals surface area contributed by atoms with E-state index in [4.69, 9.17) is 0 Å². The average Bonchev–Trinajstić information content (AvgIpc) is 3.23. The Morgan fingerprint density at radius 2 is 1.83 bits per heavy atom. The smallest absolute Gasteiger partial charge is 0.237 e. The number of para-hydroxylation sites is 1. The Balaban J connectivity index is 1.49. The number of nitrogens with zero attached hydrogens (tertiary/aromatic N) is 1. The molecule has 150 valence electrons. The molecule has 2 atom stereocenters. The van der Waals surface area contributed by atoms with E-state index >= 15 is 0 Å². The highest BCUT2D eigenvalue weighted by Crippen LogP contribution is 2.50. The second kappa shape index (κ2) is 6.99. The number of nitrogens with one attached hydrogen (secondary N) is 1. The van der Waals surface area contributed by atoms with E-state index in [0.717, 1.165) is 24.1 Å². The fourth-order valence-corrected chi connectivity index (χ4v) is 5.44. The van der Waals surface area contributed by atoms with Gasteiger partial charge in [0.15, 0.2) is 0 Å². The van der Waals surface area contributed by atoms with E-state index in [-0.39, 0.29) is 29.9 Å². The number of fused-ring (bicyclic) bond motifs is 2. The Morgan fingerprint density at radius 3 is 2.59 bits per heavy atom. The van der Waals surface area contributed by atoms with E-state index in [1.807, 2.05) is 47.4 Å². The number of benzene rings is 2. The van der Waals surface area contributed by atoms with Crippen LogP contribution in [0.2, 0.25) is 0 Å². The molecule has 29 heavy (non-hydrogen) atoms. The Morgan fingerprint density at radius 1 is 1.10 bits per heavy atom. The lowest BCUT2D eigenvalue weighted by Crippen LogP contribution is -2.52. The van der Waals surface area contributed by atoms with Gasteiger partial charge in [0.1, 0.15) is 0 Å². The van der Waals surface area contributed by atoms with Crippen molar-refractivity contribution in [2.45, 2.75) is 49.7 Å². The summed E-state index contributed by atoms with van der Waals surface area (Å²) in [5.74, 6) is 0.00204. The number of amides is 2. The maximum atomic E-state index is 13.3. The SMILES string of the molecule is O=C(C1CC(O)C1)N1CC[C@]2(C(=O)Nc3ccccc32)[C@@H]1CCc1ccccc1. The van der Waals surface area contributed by atoms with Crippen LogP contribution in [0.3, 0.4) is 0 Å². The van der Waals surface area contributed by atoms with Crippen LogP contribution < -0.4 is 5.32 Å². The van der Waals surface area contributed by atoms with Gasteiger partial charge in [-0.1, -0.05) is 48.5 Å². The van der Waals surface area contributed by atoms with Gasteiger partial charge in [0.25, 0.3) is 0 Å². The third-order valence-corrected chi connectivity index (χ3v) is 7.05. The first-order chi connectivity index (χ1) is 14.1. The molecular formula is C24H26N2O3. The lowest BCUT2D eigenvalue weighted by atomic mass is 9.73. The molecule has 5 heteroatoms. The first kappa shape index (κ1) is 18.4. The fraction of sp³-hybridized carbons (Fsp3) is 0.417. The summed E-state index contributed by atoms with van der Waals surface area (Å²) in [6, 6.07) is 18.0. The lowest BCUT2D eigenvalue weighted by Gasteiger charge is -2.39. The van der Waals surface area contributed by atoms with Crippen LogP contribution >= 0.6 is 0 Å². The van der Waals surface area contributed by atoms with Gasteiger partial charge < -0.3 is 15.3 Å². The van der Waals surface area contributed by atoms with E-state index in [1.165, 1.54) is 5.56 Å². The molecule has 1 aliphatic carbocycles. The van der Waals surface area contributed by atoms with Gasteiger partial charge in [0.2, 0.25) is 11.8 Å². The minimum Gasteiger partial charge on any atom is -0.393 e. The predicted molar refractivity (Wildman–Crippen MR) is 110 cm³/mol. The van der Waals surface area contributed by atoms with Crippen LogP contribution in [0.1, 0.15) is 36.8 Å². The van der Waals surface area contributed by atoms with Gasteiger partial charge in [-0.3, -0.25) is 9.59 Å². The Hall–Kier alpha value is -2.66. The minimum absolute atomic E-state index is 0.0145. The number of hydrogen-bond acceptors (Lipinski definition) is 3. The number of aliphatic hydroxyl groups is 1. The fourth-order valence-electron chi connectivity index (χ4n) is 5.44. The van der Waals surface area contributed by atoms with Crippen molar-refractivity contribution in [1.82, 2.24) is 4.90 Å². The van der Waals surface area contributed by atoms with E-state index in [2.05, 4.69) is 17.4 Å². The van der Waals surface area contributed by atoms with Gasteiger partial charge in [0, 0.05) is 18.2 Å². The Labute approximate surface area is 170 Å². The highest BCUT2D eigenvalue weighted by atomic mass is 16.3. The van der Waals surface area contributed by atoms with Crippen molar-refractivity contribution >= 4 is 17.5 Å². The third-order valence-electron chi connectivity index (χ3n) is 7.05. The summed E-state index contributed by atoms with van der Waals surface area (Å²) in [7, 11) is 0. The summed E-state index contributed by atoms with van der Waals surface area (Å²) < 4.78 is 0. The number of anilines is 1. The van der Waals surface area contributed by atoms with Gasteiger partial charge in [-0.15, -0.1) is 0 Å². The van der Waals surface area contributed by atoms with E-state index in [1.54, 1.807) is 0 Å². The normalized spacial score (nSPS) is 30.2. The van der Waals surface area contributed by atoms with Gasteiger partial charge in [-0.2, -0.15) is 0 Å². The molecule has 0 bridgehead atoms. The van der Waals surface area contributed by atoms with E-state index in [9.17, 15) is 14.7 Å². The maximum absolute atomic E-state index is 13.3.